The Bertz CT molecular complexity index is 581. The second-order valence-electron chi connectivity index (χ2n) is 4.02. The summed E-state index contributed by atoms with van der Waals surface area (Å²) >= 11 is 0. The molecule has 7 nitrogen and oxygen atoms in total. The summed E-state index contributed by atoms with van der Waals surface area (Å²) in [4.78, 5) is 11.0. The van der Waals surface area contributed by atoms with Crippen LogP contribution in [0.15, 0.2) is 16.9 Å². The molecule has 0 aromatic carbocycles. The Morgan fingerprint density at radius 2 is 2.29 bits per heavy atom. The minimum Gasteiger partial charge on any atom is -0.307 e. The third-order valence-corrected chi connectivity index (χ3v) is 2.86. The maximum Gasteiger partial charge on any atom is 0.264 e. The topological polar surface area (TPSA) is 88.5 Å². The van der Waals surface area contributed by atoms with Gasteiger partial charge in [0.1, 0.15) is 11.5 Å². The predicted octanol–water partition coefficient (Wildman–Crippen LogP) is -0.307. The van der Waals surface area contributed by atoms with E-state index in [9.17, 15) is 4.79 Å². The molecule has 1 aliphatic rings. The zero-order chi connectivity index (χ0) is 11.8. The first kappa shape index (κ1) is 10.2. The minimum absolute atomic E-state index is 0.188. The molecule has 88 valence electrons. The van der Waals surface area contributed by atoms with Crippen molar-refractivity contribution >= 4 is 0 Å². The first-order valence-corrected chi connectivity index (χ1v) is 5.48. The van der Waals surface area contributed by atoms with Gasteiger partial charge < -0.3 is 9.88 Å². The normalized spacial score (nSPS) is 19.0. The SMILES string of the molecule is CC1NCCn2c(-c3ccc(=O)[nH]n3)nnc21. The van der Waals surface area contributed by atoms with Crippen LogP contribution in [0.25, 0.3) is 11.5 Å². The summed E-state index contributed by atoms with van der Waals surface area (Å²) in [5, 5.41) is 18.0. The van der Waals surface area contributed by atoms with Gasteiger partial charge in [0, 0.05) is 19.2 Å². The zero-order valence-electron chi connectivity index (χ0n) is 9.34. The smallest absolute Gasteiger partial charge is 0.264 e. The number of H-pyrrole nitrogens is 1. The standard InChI is InChI=1S/C10H12N6O/c1-6-9-14-15-10(16(9)5-4-11-6)7-2-3-8(17)13-12-7/h2-3,6,11H,4-5H2,1H3,(H,13,17). The molecule has 3 rings (SSSR count). The number of nitrogens with one attached hydrogen (secondary N) is 2. The molecule has 0 saturated carbocycles. The molecule has 0 saturated heterocycles. The molecule has 0 fully saturated rings. The lowest BCUT2D eigenvalue weighted by Crippen LogP contribution is -2.32. The van der Waals surface area contributed by atoms with E-state index in [1.165, 1.54) is 6.07 Å². The van der Waals surface area contributed by atoms with E-state index in [4.69, 9.17) is 0 Å². The summed E-state index contributed by atoms with van der Waals surface area (Å²) in [6.45, 7) is 3.73. The Labute approximate surface area is 96.9 Å². The van der Waals surface area contributed by atoms with E-state index in [1.807, 2.05) is 11.5 Å². The van der Waals surface area contributed by atoms with Crippen LogP contribution >= 0.6 is 0 Å². The van der Waals surface area contributed by atoms with Gasteiger partial charge in [-0.25, -0.2) is 5.10 Å². The Kier molecular flexibility index (Phi) is 2.25. The number of aromatic nitrogens is 5. The van der Waals surface area contributed by atoms with E-state index < -0.39 is 0 Å². The molecule has 1 unspecified atom stereocenters. The number of fused-ring (bicyclic) bond motifs is 1. The lowest BCUT2D eigenvalue weighted by atomic mass is 10.2. The summed E-state index contributed by atoms with van der Waals surface area (Å²) in [5.74, 6) is 1.60. The van der Waals surface area contributed by atoms with Crippen molar-refractivity contribution in [1.29, 1.82) is 0 Å². The summed E-state index contributed by atoms with van der Waals surface area (Å²) < 4.78 is 2.03. The van der Waals surface area contributed by atoms with Gasteiger partial charge in [-0.3, -0.25) is 4.79 Å². The molecule has 2 aromatic rings. The zero-order valence-corrected chi connectivity index (χ0v) is 9.34. The Morgan fingerprint density at radius 3 is 3.06 bits per heavy atom. The van der Waals surface area contributed by atoms with Crippen LogP contribution < -0.4 is 10.9 Å². The monoisotopic (exact) mass is 232 g/mol. The van der Waals surface area contributed by atoms with Gasteiger partial charge >= 0.3 is 0 Å². The van der Waals surface area contributed by atoms with Crippen LogP contribution in [0.3, 0.4) is 0 Å². The van der Waals surface area contributed by atoms with Crippen LogP contribution in [0.4, 0.5) is 0 Å². The summed E-state index contributed by atoms with van der Waals surface area (Å²) in [7, 11) is 0. The molecule has 2 N–H and O–H groups in total. The molecular formula is C10H12N6O. The van der Waals surface area contributed by atoms with E-state index >= 15 is 0 Å². The van der Waals surface area contributed by atoms with Crippen LogP contribution in [-0.4, -0.2) is 31.5 Å². The molecule has 3 heterocycles. The lowest BCUT2D eigenvalue weighted by molar-refractivity contribution is 0.438. The number of hydrogen-bond donors (Lipinski definition) is 2. The van der Waals surface area contributed by atoms with E-state index in [0.29, 0.717) is 11.5 Å². The first-order chi connectivity index (χ1) is 8.25. The molecule has 0 aliphatic carbocycles. The van der Waals surface area contributed by atoms with Gasteiger partial charge in [-0.1, -0.05) is 0 Å². The third-order valence-electron chi connectivity index (χ3n) is 2.86. The van der Waals surface area contributed by atoms with E-state index in [-0.39, 0.29) is 11.6 Å². The van der Waals surface area contributed by atoms with Gasteiger partial charge in [0.15, 0.2) is 5.82 Å². The lowest BCUT2D eigenvalue weighted by Gasteiger charge is -2.21. The second-order valence-corrected chi connectivity index (χ2v) is 4.02. The van der Waals surface area contributed by atoms with Gasteiger partial charge in [0.25, 0.3) is 5.56 Å². The van der Waals surface area contributed by atoms with Crippen molar-refractivity contribution in [2.45, 2.75) is 19.5 Å². The van der Waals surface area contributed by atoms with Gasteiger partial charge in [0.2, 0.25) is 0 Å². The molecule has 1 atom stereocenters. The molecule has 1 aliphatic heterocycles. The van der Waals surface area contributed by atoms with Crippen LogP contribution in [0, 0.1) is 0 Å². The summed E-state index contributed by atoms with van der Waals surface area (Å²) in [6, 6.07) is 3.28. The average molecular weight is 232 g/mol. The average Bonchev–Trinajstić information content (AvgIpc) is 2.75. The highest BCUT2D eigenvalue weighted by Crippen LogP contribution is 2.20. The molecule has 0 radical (unpaired) electrons. The maximum absolute atomic E-state index is 11.0. The highest BCUT2D eigenvalue weighted by molar-refractivity contribution is 5.48. The quantitative estimate of drug-likeness (QED) is 0.704. The molecule has 17 heavy (non-hydrogen) atoms. The van der Waals surface area contributed by atoms with Crippen LogP contribution in [0.1, 0.15) is 18.8 Å². The van der Waals surface area contributed by atoms with Crippen LogP contribution in [0.2, 0.25) is 0 Å². The highest BCUT2D eigenvalue weighted by Gasteiger charge is 2.22. The minimum atomic E-state index is -0.220. The molecule has 2 aromatic heterocycles. The fourth-order valence-electron chi connectivity index (χ4n) is 2.00. The first-order valence-electron chi connectivity index (χ1n) is 5.48. The van der Waals surface area contributed by atoms with Crippen molar-refractivity contribution in [3.8, 4) is 11.5 Å². The Morgan fingerprint density at radius 1 is 1.41 bits per heavy atom. The Hall–Kier alpha value is -2.02. The second kappa shape index (κ2) is 3.77. The Balaban J connectivity index is 2.10. The van der Waals surface area contributed by atoms with Crippen molar-refractivity contribution in [2.75, 3.05) is 6.54 Å². The molecule has 0 bridgehead atoms. The number of aromatic amines is 1. The van der Waals surface area contributed by atoms with E-state index in [2.05, 4.69) is 25.7 Å². The highest BCUT2D eigenvalue weighted by atomic mass is 16.1. The van der Waals surface area contributed by atoms with Gasteiger partial charge in [-0.05, 0) is 13.0 Å². The number of nitrogens with zero attached hydrogens (tertiary/aromatic N) is 4. The van der Waals surface area contributed by atoms with Gasteiger partial charge in [-0.15, -0.1) is 10.2 Å². The van der Waals surface area contributed by atoms with Crippen molar-refractivity contribution in [3.05, 3.63) is 28.3 Å². The fourth-order valence-corrected chi connectivity index (χ4v) is 2.00. The predicted molar refractivity (Wildman–Crippen MR) is 60.3 cm³/mol. The molecule has 0 amide bonds. The summed E-state index contributed by atoms with van der Waals surface area (Å²) in [5.41, 5.74) is 0.416. The van der Waals surface area contributed by atoms with Crippen molar-refractivity contribution in [2.24, 2.45) is 0 Å². The van der Waals surface area contributed by atoms with Crippen molar-refractivity contribution in [1.82, 2.24) is 30.3 Å². The van der Waals surface area contributed by atoms with Crippen LogP contribution in [-0.2, 0) is 6.54 Å². The molecule has 0 spiro atoms. The third kappa shape index (κ3) is 1.64. The number of hydrogen-bond acceptors (Lipinski definition) is 5. The largest absolute Gasteiger partial charge is 0.307 e. The van der Waals surface area contributed by atoms with Crippen molar-refractivity contribution in [3.63, 3.8) is 0 Å². The molecule has 7 heteroatoms. The van der Waals surface area contributed by atoms with Crippen molar-refractivity contribution < 1.29 is 0 Å². The van der Waals surface area contributed by atoms with Gasteiger partial charge in [-0.2, -0.15) is 5.10 Å². The van der Waals surface area contributed by atoms with Gasteiger partial charge in [0.05, 0.1) is 6.04 Å². The number of rotatable bonds is 1. The van der Waals surface area contributed by atoms with E-state index in [0.717, 1.165) is 18.9 Å². The van der Waals surface area contributed by atoms with E-state index in [1.54, 1.807) is 6.07 Å². The molecular weight excluding hydrogens is 220 g/mol. The van der Waals surface area contributed by atoms with Crippen LogP contribution in [0.5, 0.6) is 0 Å². The summed E-state index contributed by atoms with van der Waals surface area (Å²) in [6.07, 6.45) is 0. The fraction of sp³-hybridized carbons (Fsp3) is 0.400. The maximum atomic E-state index is 11.0.